The second-order valence-electron chi connectivity index (χ2n) is 4.25. The molecule has 0 radical (unpaired) electrons. The van der Waals surface area contributed by atoms with Gasteiger partial charge in [0.25, 0.3) is 0 Å². The number of β-amino-alcohol motifs (C(OH)–C–C–N with tert-alkyl or cyclic N) is 1. The number of nitrogens with zero attached hydrogens (tertiary/aromatic N) is 1. The van der Waals surface area contributed by atoms with Gasteiger partial charge in [0.15, 0.2) is 0 Å². The summed E-state index contributed by atoms with van der Waals surface area (Å²) in [7, 11) is 0. The van der Waals surface area contributed by atoms with Gasteiger partial charge in [-0.15, -0.1) is 0 Å². The Morgan fingerprint density at radius 1 is 1.54 bits per heavy atom. The minimum Gasteiger partial charge on any atom is -0.481 e. The number of hydrogen-bond acceptors (Lipinski definition) is 3. The van der Waals surface area contributed by atoms with Crippen LogP contribution >= 0.6 is 0 Å². The molecule has 1 saturated carbocycles. The Morgan fingerprint density at radius 2 is 2.23 bits per heavy atom. The third-order valence-electron chi connectivity index (χ3n) is 2.91. The maximum Gasteiger partial charge on any atom is 0.306 e. The summed E-state index contributed by atoms with van der Waals surface area (Å²) in [4.78, 5) is 12.7. The lowest BCUT2D eigenvalue weighted by molar-refractivity contribution is -0.142. The fraction of sp³-hybridized carbons (Fsp3) is 0.889. The molecule has 1 saturated heterocycles. The van der Waals surface area contributed by atoms with E-state index < -0.39 is 11.6 Å². The lowest BCUT2D eigenvalue weighted by Gasteiger charge is -2.21. The van der Waals surface area contributed by atoms with Crippen LogP contribution in [0.5, 0.6) is 0 Å². The molecule has 0 aromatic carbocycles. The lowest BCUT2D eigenvalue weighted by Crippen LogP contribution is -2.36. The van der Waals surface area contributed by atoms with Crippen LogP contribution in [0.2, 0.25) is 0 Å². The average Bonchev–Trinajstić information content (AvgIpc) is 2.75. The lowest BCUT2D eigenvalue weighted by atomic mass is 9.99. The molecule has 0 amide bonds. The van der Waals surface area contributed by atoms with Crippen LogP contribution in [0.1, 0.15) is 25.7 Å². The molecule has 2 aliphatic rings. The van der Waals surface area contributed by atoms with E-state index >= 15 is 0 Å². The first-order valence-corrected chi connectivity index (χ1v) is 4.77. The van der Waals surface area contributed by atoms with E-state index in [1.54, 1.807) is 0 Å². The zero-order valence-electron chi connectivity index (χ0n) is 7.57. The summed E-state index contributed by atoms with van der Waals surface area (Å²) in [5.74, 6) is -0.903. The predicted molar refractivity (Wildman–Crippen MR) is 46.4 cm³/mol. The van der Waals surface area contributed by atoms with Crippen molar-refractivity contribution in [1.82, 2.24) is 4.90 Å². The van der Waals surface area contributed by atoms with Gasteiger partial charge >= 0.3 is 5.97 Å². The number of rotatable bonds is 3. The Morgan fingerprint density at radius 3 is 2.77 bits per heavy atom. The summed E-state index contributed by atoms with van der Waals surface area (Å²) < 4.78 is 0. The highest BCUT2D eigenvalue weighted by molar-refractivity contribution is 5.68. The van der Waals surface area contributed by atoms with Crippen LogP contribution in [0.4, 0.5) is 0 Å². The number of carboxylic acids is 1. The van der Waals surface area contributed by atoms with Gasteiger partial charge in [0.1, 0.15) is 0 Å². The third-order valence-corrected chi connectivity index (χ3v) is 2.91. The van der Waals surface area contributed by atoms with Crippen molar-refractivity contribution >= 4 is 5.97 Å². The quantitative estimate of drug-likeness (QED) is 0.652. The van der Waals surface area contributed by atoms with Gasteiger partial charge < -0.3 is 10.2 Å². The molecule has 2 fully saturated rings. The first-order valence-electron chi connectivity index (χ1n) is 4.77. The first kappa shape index (κ1) is 8.97. The highest BCUT2D eigenvalue weighted by Gasteiger charge is 2.42. The van der Waals surface area contributed by atoms with Crippen molar-refractivity contribution in [2.45, 2.75) is 37.3 Å². The van der Waals surface area contributed by atoms with E-state index in [2.05, 4.69) is 4.90 Å². The molecule has 0 aromatic rings. The summed E-state index contributed by atoms with van der Waals surface area (Å²) >= 11 is 0. The molecule has 1 unspecified atom stereocenters. The van der Waals surface area contributed by atoms with E-state index in [4.69, 9.17) is 5.11 Å². The van der Waals surface area contributed by atoms with Crippen LogP contribution in [-0.4, -0.2) is 45.8 Å². The molecule has 74 valence electrons. The van der Waals surface area contributed by atoms with Crippen molar-refractivity contribution in [2.24, 2.45) is 0 Å². The van der Waals surface area contributed by atoms with E-state index in [0.29, 0.717) is 19.0 Å². The summed E-state index contributed by atoms with van der Waals surface area (Å²) in [5.41, 5.74) is -0.964. The van der Waals surface area contributed by atoms with E-state index in [-0.39, 0.29) is 6.42 Å². The van der Waals surface area contributed by atoms with Gasteiger partial charge in [-0.2, -0.15) is 0 Å². The maximum atomic E-state index is 10.5. The van der Waals surface area contributed by atoms with Crippen LogP contribution in [-0.2, 0) is 4.79 Å². The summed E-state index contributed by atoms with van der Waals surface area (Å²) in [6.07, 6.45) is 2.92. The molecule has 0 aromatic heterocycles. The normalized spacial score (nSPS) is 35.2. The molecule has 0 spiro atoms. The van der Waals surface area contributed by atoms with Crippen molar-refractivity contribution in [3.05, 3.63) is 0 Å². The molecule has 13 heavy (non-hydrogen) atoms. The molecule has 2 N–H and O–H groups in total. The number of likely N-dealkylation sites (tertiary alicyclic amines) is 1. The Bertz CT molecular complexity index is 227. The molecule has 1 aliphatic carbocycles. The van der Waals surface area contributed by atoms with Gasteiger partial charge in [-0.1, -0.05) is 0 Å². The van der Waals surface area contributed by atoms with Crippen LogP contribution in [0.15, 0.2) is 0 Å². The molecule has 4 nitrogen and oxygen atoms in total. The van der Waals surface area contributed by atoms with Crippen molar-refractivity contribution < 1.29 is 15.0 Å². The highest BCUT2D eigenvalue weighted by atomic mass is 16.4. The number of aliphatic carboxylic acids is 1. The molecule has 1 aliphatic heterocycles. The molecular formula is C9H15NO3. The van der Waals surface area contributed by atoms with Crippen LogP contribution < -0.4 is 0 Å². The maximum absolute atomic E-state index is 10.5. The average molecular weight is 185 g/mol. The molecule has 1 atom stereocenters. The topological polar surface area (TPSA) is 60.8 Å². The Kier molecular flexibility index (Phi) is 2.04. The van der Waals surface area contributed by atoms with E-state index in [9.17, 15) is 9.90 Å². The molecule has 0 bridgehead atoms. The molecular weight excluding hydrogens is 170 g/mol. The molecule has 4 heteroatoms. The summed E-state index contributed by atoms with van der Waals surface area (Å²) in [6, 6.07) is 0.628. The van der Waals surface area contributed by atoms with E-state index in [0.717, 1.165) is 6.54 Å². The zero-order valence-corrected chi connectivity index (χ0v) is 7.57. The monoisotopic (exact) mass is 185 g/mol. The molecule has 2 rings (SSSR count). The van der Waals surface area contributed by atoms with Gasteiger partial charge in [-0.25, -0.2) is 0 Å². The number of hydrogen-bond donors (Lipinski definition) is 2. The van der Waals surface area contributed by atoms with Gasteiger partial charge in [0.05, 0.1) is 12.0 Å². The second kappa shape index (κ2) is 2.96. The Hall–Kier alpha value is -0.610. The van der Waals surface area contributed by atoms with Crippen LogP contribution in [0.3, 0.4) is 0 Å². The van der Waals surface area contributed by atoms with Crippen LogP contribution in [0.25, 0.3) is 0 Å². The van der Waals surface area contributed by atoms with Gasteiger partial charge in [-0.3, -0.25) is 9.69 Å². The number of carboxylic acid groups (broad SMARTS) is 1. The fourth-order valence-corrected chi connectivity index (χ4v) is 2.07. The van der Waals surface area contributed by atoms with Crippen molar-refractivity contribution in [3.8, 4) is 0 Å². The standard InChI is InChI=1S/C9H15NO3/c11-8(12)5-9(13)3-4-10(6-9)7-1-2-7/h7,13H,1-6H2,(H,11,12). The Labute approximate surface area is 77.2 Å². The zero-order chi connectivity index (χ0) is 9.47. The number of carbonyl (C=O) groups is 1. The largest absolute Gasteiger partial charge is 0.481 e. The first-order chi connectivity index (χ1) is 6.09. The second-order valence-corrected chi connectivity index (χ2v) is 4.25. The van der Waals surface area contributed by atoms with E-state index in [1.165, 1.54) is 12.8 Å². The molecule has 1 heterocycles. The number of aliphatic hydroxyl groups is 1. The van der Waals surface area contributed by atoms with Gasteiger partial charge in [0, 0.05) is 19.1 Å². The van der Waals surface area contributed by atoms with Crippen molar-refractivity contribution in [2.75, 3.05) is 13.1 Å². The van der Waals surface area contributed by atoms with Crippen molar-refractivity contribution in [1.29, 1.82) is 0 Å². The third kappa shape index (κ3) is 2.00. The van der Waals surface area contributed by atoms with Gasteiger partial charge in [-0.05, 0) is 19.3 Å². The highest BCUT2D eigenvalue weighted by Crippen LogP contribution is 2.34. The minimum atomic E-state index is -0.964. The minimum absolute atomic E-state index is 0.115. The smallest absolute Gasteiger partial charge is 0.306 e. The van der Waals surface area contributed by atoms with E-state index in [1.807, 2.05) is 0 Å². The predicted octanol–water partition coefficient (Wildman–Crippen LogP) is 0.0603. The van der Waals surface area contributed by atoms with Crippen LogP contribution in [0, 0.1) is 0 Å². The van der Waals surface area contributed by atoms with Gasteiger partial charge in [0.2, 0.25) is 0 Å². The summed E-state index contributed by atoms with van der Waals surface area (Å²) in [5, 5.41) is 18.5. The SMILES string of the molecule is O=C(O)CC1(O)CCN(C2CC2)C1. The Balaban J connectivity index is 1.90. The summed E-state index contributed by atoms with van der Waals surface area (Å²) in [6.45, 7) is 1.40. The fourth-order valence-electron chi connectivity index (χ4n) is 2.07. The van der Waals surface area contributed by atoms with Crippen molar-refractivity contribution in [3.63, 3.8) is 0 Å².